The summed E-state index contributed by atoms with van der Waals surface area (Å²) in [5, 5.41) is 10.9. The third-order valence-electron chi connectivity index (χ3n) is 6.70. The van der Waals surface area contributed by atoms with Gasteiger partial charge in [0, 0.05) is 23.8 Å². The number of hydrogen-bond acceptors (Lipinski definition) is 8. The second-order valence-electron chi connectivity index (χ2n) is 9.63. The number of nitrogens with zero attached hydrogens (tertiary/aromatic N) is 3. The number of furan rings is 1. The SMILES string of the molecule is CCOC(=O)C1=C(C)N=c2sc(=Cc3ccc(-c4ccc([N+](=O)[O-])cc4)o3)c(=O)n2C1c1ccc(C(C)C)cc1. The Hall–Kier alpha value is -4.57. The fraction of sp³-hybridized carbons (Fsp3) is 0.233. The van der Waals surface area contributed by atoms with Crippen LogP contribution in [0.5, 0.6) is 0 Å². The van der Waals surface area contributed by atoms with Gasteiger partial charge in [0.15, 0.2) is 4.80 Å². The van der Waals surface area contributed by atoms with Gasteiger partial charge in [0.1, 0.15) is 11.5 Å². The maximum absolute atomic E-state index is 13.8. The lowest BCUT2D eigenvalue weighted by Gasteiger charge is -2.25. The molecule has 0 N–H and O–H groups in total. The molecule has 40 heavy (non-hydrogen) atoms. The van der Waals surface area contributed by atoms with Crippen LogP contribution in [0.3, 0.4) is 0 Å². The lowest BCUT2D eigenvalue weighted by atomic mass is 9.93. The van der Waals surface area contributed by atoms with Crippen LogP contribution in [0.1, 0.15) is 56.5 Å². The largest absolute Gasteiger partial charge is 0.463 e. The summed E-state index contributed by atoms with van der Waals surface area (Å²) in [5.41, 5.74) is 3.13. The second-order valence-corrected chi connectivity index (χ2v) is 10.6. The normalized spacial score (nSPS) is 15.2. The van der Waals surface area contributed by atoms with E-state index in [1.54, 1.807) is 48.8 Å². The third kappa shape index (κ3) is 5.05. The average Bonchev–Trinajstić information content (AvgIpc) is 3.52. The number of nitro benzene ring substituents is 1. The summed E-state index contributed by atoms with van der Waals surface area (Å²) < 4.78 is 13.2. The van der Waals surface area contributed by atoms with Crippen molar-refractivity contribution in [3.05, 3.63) is 119 Å². The Labute approximate surface area is 233 Å². The highest BCUT2D eigenvalue weighted by Gasteiger charge is 2.33. The van der Waals surface area contributed by atoms with Crippen LogP contribution < -0.4 is 14.9 Å². The monoisotopic (exact) mass is 557 g/mol. The average molecular weight is 558 g/mol. The summed E-state index contributed by atoms with van der Waals surface area (Å²) in [4.78, 5) is 42.4. The molecule has 1 unspecified atom stereocenters. The van der Waals surface area contributed by atoms with Crippen molar-refractivity contribution in [3.63, 3.8) is 0 Å². The van der Waals surface area contributed by atoms with Crippen molar-refractivity contribution < 1.29 is 18.9 Å². The van der Waals surface area contributed by atoms with Crippen molar-refractivity contribution >= 4 is 29.1 Å². The molecule has 10 heteroatoms. The fourth-order valence-corrected chi connectivity index (χ4v) is 5.66. The molecule has 0 spiro atoms. The molecule has 0 fully saturated rings. The molecule has 0 amide bonds. The number of thiazole rings is 1. The van der Waals surface area contributed by atoms with Crippen LogP contribution in [0.15, 0.2) is 86.1 Å². The molecule has 0 saturated carbocycles. The van der Waals surface area contributed by atoms with Crippen molar-refractivity contribution in [1.29, 1.82) is 0 Å². The number of carbonyl (C=O) groups excluding carboxylic acids is 1. The van der Waals surface area contributed by atoms with Gasteiger partial charge in [0.2, 0.25) is 0 Å². The number of hydrogen-bond donors (Lipinski definition) is 0. The van der Waals surface area contributed by atoms with E-state index in [9.17, 15) is 19.7 Å². The standard InChI is InChI=1S/C30H27N3O6S/c1-5-38-29(35)26-18(4)31-30-32(27(26)21-8-6-19(7-9-21)17(2)3)28(34)25(40-30)16-23-14-15-24(39-23)20-10-12-22(13-11-20)33(36)37/h6-17,27H,5H2,1-4H3. The van der Waals surface area contributed by atoms with Crippen LogP contribution in [0.2, 0.25) is 0 Å². The Balaban J connectivity index is 1.59. The van der Waals surface area contributed by atoms with Crippen LogP contribution in [-0.2, 0) is 9.53 Å². The molecule has 1 atom stereocenters. The third-order valence-corrected chi connectivity index (χ3v) is 7.68. The summed E-state index contributed by atoms with van der Waals surface area (Å²) in [6.45, 7) is 7.90. The highest BCUT2D eigenvalue weighted by Crippen LogP contribution is 2.31. The lowest BCUT2D eigenvalue weighted by Crippen LogP contribution is -2.39. The number of nitro groups is 1. The van der Waals surface area contributed by atoms with Gasteiger partial charge in [0.25, 0.3) is 11.2 Å². The molecule has 5 rings (SSSR count). The van der Waals surface area contributed by atoms with Gasteiger partial charge in [-0.25, -0.2) is 9.79 Å². The van der Waals surface area contributed by atoms with Crippen LogP contribution in [0.4, 0.5) is 5.69 Å². The van der Waals surface area contributed by atoms with E-state index in [0.29, 0.717) is 43.6 Å². The smallest absolute Gasteiger partial charge is 0.338 e. The molecule has 2 aromatic heterocycles. The van der Waals surface area contributed by atoms with Gasteiger partial charge in [-0.2, -0.15) is 0 Å². The van der Waals surface area contributed by atoms with E-state index in [4.69, 9.17) is 9.15 Å². The first kappa shape index (κ1) is 27.0. The quantitative estimate of drug-likeness (QED) is 0.178. The number of fused-ring (bicyclic) bond motifs is 1. The molecule has 0 aliphatic carbocycles. The van der Waals surface area contributed by atoms with E-state index in [0.717, 1.165) is 11.1 Å². The maximum Gasteiger partial charge on any atom is 0.338 e. The Morgan fingerprint density at radius 2 is 1.85 bits per heavy atom. The molecule has 9 nitrogen and oxygen atoms in total. The first-order valence-electron chi connectivity index (χ1n) is 12.8. The zero-order chi connectivity index (χ0) is 28.6. The minimum Gasteiger partial charge on any atom is -0.463 e. The van der Waals surface area contributed by atoms with Crippen LogP contribution in [0, 0.1) is 10.1 Å². The van der Waals surface area contributed by atoms with Crippen LogP contribution in [-0.4, -0.2) is 22.1 Å². The van der Waals surface area contributed by atoms with Crippen molar-refractivity contribution in [1.82, 2.24) is 4.57 Å². The first-order valence-corrected chi connectivity index (χ1v) is 13.6. The number of allylic oxidation sites excluding steroid dienone is 1. The minimum atomic E-state index is -0.689. The van der Waals surface area contributed by atoms with E-state index in [2.05, 4.69) is 18.8 Å². The second kappa shape index (κ2) is 10.9. The lowest BCUT2D eigenvalue weighted by molar-refractivity contribution is -0.384. The van der Waals surface area contributed by atoms with Gasteiger partial charge in [-0.3, -0.25) is 19.5 Å². The van der Waals surface area contributed by atoms with E-state index in [-0.39, 0.29) is 17.9 Å². The Morgan fingerprint density at radius 3 is 2.48 bits per heavy atom. The van der Waals surface area contributed by atoms with Gasteiger partial charge in [-0.15, -0.1) is 0 Å². The molecular formula is C30H27N3O6S. The van der Waals surface area contributed by atoms with Gasteiger partial charge in [0.05, 0.1) is 33.4 Å². The minimum absolute atomic E-state index is 0.0116. The predicted octanol–water partition coefficient (Wildman–Crippen LogP) is 5.09. The first-order chi connectivity index (χ1) is 19.2. The molecule has 3 heterocycles. The van der Waals surface area contributed by atoms with Crippen LogP contribution in [0.25, 0.3) is 17.4 Å². The number of rotatable bonds is 7. The van der Waals surface area contributed by atoms with Gasteiger partial charge in [-0.05, 0) is 55.2 Å². The number of carbonyl (C=O) groups is 1. The Morgan fingerprint density at radius 1 is 1.15 bits per heavy atom. The molecule has 0 radical (unpaired) electrons. The molecule has 204 valence electrons. The number of non-ortho nitro benzene ring substituents is 1. The topological polar surface area (TPSA) is 117 Å². The number of benzene rings is 2. The van der Waals surface area contributed by atoms with Gasteiger partial charge < -0.3 is 9.15 Å². The summed E-state index contributed by atoms with van der Waals surface area (Å²) in [6.07, 6.45) is 1.64. The number of ether oxygens (including phenoxy) is 1. The molecule has 2 aromatic carbocycles. The zero-order valence-corrected chi connectivity index (χ0v) is 23.2. The van der Waals surface area contributed by atoms with Crippen molar-refractivity contribution in [3.8, 4) is 11.3 Å². The molecule has 1 aliphatic heterocycles. The Bertz CT molecular complexity index is 1810. The molecular weight excluding hydrogens is 530 g/mol. The summed E-state index contributed by atoms with van der Waals surface area (Å²) in [6, 6.07) is 16.7. The van der Waals surface area contributed by atoms with Crippen molar-refractivity contribution in [2.24, 2.45) is 4.99 Å². The molecule has 0 bridgehead atoms. The Kier molecular flexibility index (Phi) is 7.36. The number of esters is 1. The molecule has 1 aliphatic rings. The fourth-order valence-electron chi connectivity index (χ4n) is 4.63. The van der Waals surface area contributed by atoms with Crippen LogP contribution >= 0.6 is 11.3 Å². The van der Waals surface area contributed by atoms with Gasteiger partial charge >= 0.3 is 5.97 Å². The van der Waals surface area contributed by atoms with E-state index in [1.165, 1.54) is 23.5 Å². The zero-order valence-electron chi connectivity index (χ0n) is 22.4. The highest BCUT2D eigenvalue weighted by atomic mass is 32.1. The van der Waals surface area contributed by atoms with Gasteiger partial charge in [-0.1, -0.05) is 49.4 Å². The predicted molar refractivity (Wildman–Crippen MR) is 152 cm³/mol. The summed E-state index contributed by atoms with van der Waals surface area (Å²) in [7, 11) is 0. The summed E-state index contributed by atoms with van der Waals surface area (Å²) in [5.74, 6) is 0.784. The van der Waals surface area contributed by atoms with E-state index in [1.807, 2.05) is 24.3 Å². The molecule has 0 saturated heterocycles. The van der Waals surface area contributed by atoms with Crippen molar-refractivity contribution in [2.75, 3.05) is 6.61 Å². The number of aromatic nitrogens is 1. The van der Waals surface area contributed by atoms with E-state index < -0.39 is 16.9 Å². The summed E-state index contributed by atoms with van der Waals surface area (Å²) >= 11 is 1.21. The molecule has 4 aromatic rings. The van der Waals surface area contributed by atoms with Crippen molar-refractivity contribution in [2.45, 2.75) is 39.7 Å². The van der Waals surface area contributed by atoms with E-state index >= 15 is 0 Å². The highest BCUT2D eigenvalue weighted by molar-refractivity contribution is 7.07. The maximum atomic E-state index is 13.8.